The first-order chi connectivity index (χ1) is 13.5. The third-order valence-corrected chi connectivity index (χ3v) is 5.69. The van der Waals surface area contributed by atoms with Crippen molar-refractivity contribution in [2.75, 3.05) is 6.61 Å². The summed E-state index contributed by atoms with van der Waals surface area (Å²) in [5.41, 5.74) is 1.68. The molecule has 1 unspecified atom stereocenters. The van der Waals surface area contributed by atoms with Crippen molar-refractivity contribution in [3.8, 4) is 5.75 Å². The second kappa shape index (κ2) is 9.19. The molecule has 0 N–H and O–H groups in total. The monoisotopic (exact) mass is 400 g/mol. The highest BCUT2D eigenvalue weighted by Crippen LogP contribution is 2.28. The van der Waals surface area contributed by atoms with Crippen molar-refractivity contribution in [1.29, 1.82) is 0 Å². The molecule has 1 saturated heterocycles. The van der Waals surface area contributed by atoms with E-state index in [0.717, 1.165) is 41.7 Å². The van der Waals surface area contributed by atoms with E-state index in [2.05, 4.69) is 11.9 Å². The first kappa shape index (κ1) is 20.3. The Kier molecular flexibility index (Phi) is 6.67. The van der Waals surface area contributed by atoms with Gasteiger partial charge in [-0.2, -0.15) is 0 Å². The van der Waals surface area contributed by atoms with Crippen LogP contribution in [0.2, 0.25) is 0 Å². The Morgan fingerprint density at radius 2 is 1.96 bits per heavy atom. The number of nitrogens with zero attached hydrogens (tertiary/aromatic N) is 2. The van der Waals surface area contributed by atoms with Gasteiger partial charge < -0.3 is 4.74 Å². The molecule has 0 bridgehead atoms. The number of carbonyl (C=O) groups excluding carboxylic acids is 2. The zero-order chi connectivity index (χ0) is 20.1. The molecule has 1 fully saturated rings. The molecule has 0 radical (unpaired) electrons. The van der Waals surface area contributed by atoms with Crippen molar-refractivity contribution in [2.24, 2.45) is 0 Å². The lowest BCUT2D eigenvalue weighted by Gasteiger charge is -2.13. The lowest BCUT2D eigenvalue weighted by atomic mass is 10.1. The van der Waals surface area contributed by atoms with E-state index in [9.17, 15) is 14.4 Å². The predicted molar refractivity (Wildman–Crippen MR) is 109 cm³/mol. The standard InChI is InChI=1S/C21H24N2O4S/c1-3-4-19-22-14(2)11-20(25)23(19)9-10-27-16-7-5-15(6-8-16)12-18-17(24)13-21(26)28-18/h5-8,11,18H,3-4,9-10,12-13H2,1-2H3. The smallest absolute Gasteiger partial charge is 0.253 e. The first-order valence-corrected chi connectivity index (χ1v) is 10.4. The van der Waals surface area contributed by atoms with Gasteiger partial charge in [-0.05, 0) is 37.5 Å². The molecule has 6 nitrogen and oxygen atoms in total. The van der Waals surface area contributed by atoms with Crippen molar-refractivity contribution in [1.82, 2.24) is 9.55 Å². The fourth-order valence-corrected chi connectivity index (χ4v) is 4.24. The number of aromatic nitrogens is 2. The van der Waals surface area contributed by atoms with Gasteiger partial charge in [0, 0.05) is 18.2 Å². The Balaban J connectivity index is 1.57. The maximum atomic E-state index is 12.3. The van der Waals surface area contributed by atoms with Crippen molar-refractivity contribution >= 4 is 22.7 Å². The summed E-state index contributed by atoms with van der Waals surface area (Å²) in [6.07, 6.45) is 2.28. The van der Waals surface area contributed by atoms with Gasteiger partial charge in [0.15, 0.2) is 10.9 Å². The zero-order valence-electron chi connectivity index (χ0n) is 16.1. The van der Waals surface area contributed by atoms with Gasteiger partial charge >= 0.3 is 0 Å². The minimum atomic E-state index is -0.267. The number of rotatable bonds is 8. The van der Waals surface area contributed by atoms with Crippen LogP contribution in [0.15, 0.2) is 35.1 Å². The highest BCUT2D eigenvalue weighted by molar-refractivity contribution is 8.15. The number of Topliss-reactive ketones (excluding diaryl/α,β-unsaturated/α-hetero) is 1. The Morgan fingerprint density at radius 1 is 1.21 bits per heavy atom. The molecule has 1 aliphatic heterocycles. The number of hydrogen-bond acceptors (Lipinski definition) is 6. The molecule has 7 heteroatoms. The first-order valence-electron chi connectivity index (χ1n) is 9.47. The number of benzene rings is 1. The third-order valence-electron chi connectivity index (χ3n) is 4.57. The molecule has 3 rings (SSSR count). The molecule has 0 amide bonds. The molecule has 2 aromatic rings. The van der Waals surface area contributed by atoms with Crippen molar-refractivity contribution in [3.05, 3.63) is 57.8 Å². The Bertz CT molecular complexity index is 921. The average molecular weight is 401 g/mol. The van der Waals surface area contributed by atoms with E-state index in [1.165, 1.54) is 0 Å². The lowest BCUT2D eigenvalue weighted by Crippen LogP contribution is -2.27. The number of ether oxygens (including phenoxy) is 1. The van der Waals surface area contributed by atoms with Crippen LogP contribution in [0.5, 0.6) is 5.75 Å². The van der Waals surface area contributed by atoms with Crippen LogP contribution in [0.1, 0.15) is 36.8 Å². The van der Waals surface area contributed by atoms with Crippen molar-refractivity contribution in [2.45, 2.75) is 51.3 Å². The van der Waals surface area contributed by atoms with Crippen LogP contribution >= 0.6 is 11.8 Å². The fraction of sp³-hybridized carbons (Fsp3) is 0.429. The van der Waals surface area contributed by atoms with Gasteiger partial charge in [0.2, 0.25) is 0 Å². The molecule has 1 aliphatic rings. The van der Waals surface area contributed by atoms with Gasteiger partial charge in [0.05, 0.1) is 18.2 Å². The van der Waals surface area contributed by atoms with Crippen LogP contribution in [0.4, 0.5) is 0 Å². The van der Waals surface area contributed by atoms with Crippen molar-refractivity contribution in [3.63, 3.8) is 0 Å². The Labute approximate surface area is 168 Å². The van der Waals surface area contributed by atoms with E-state index in [-0.39, 0.29) is 28.1 Å². The molecule has 0 saturated carbocycles. The van der Waals surface area contributed by atoms with Crippen LogP contribution in [-0.4, -0.2) is 32.3 Å². The largest absolute Gasteiger partial charge is 0.492 e. The number of hydrogen-bond donors (Lipinski definition) is 0. The molecule has 1 aromatic heterocycles. The number of carbonyl (C=O) groups is 2. The second-order valence-electron chi connectivity index (χ2n) is 6.87. The maximum absolute atomic E-state index is 12.3. The summed E-state index contributed by atoms with van der Waals surface area (Å²) in [7, 11) is 0. The number of ketones is 1. The molecule has 1 atom stereocenters. The third kappa shape index (κ3) is 5.10. The van der Waals surface area contributed by atoms with Crippen LogP contribution in [0, 0.1) is 6.92 Å². The SMILES string of the molecule is CCCc1nc(C)cc(=O)n1CCOc1ccc(CC2SC(=O)CC2=O)cc1. The number of thioether (sulfide) groups is 1. The van der Waals surface area contributed by atoms with E-state index in [1.807, 2.05) is 31.2 Å². The summed E-state index contributed by atoms with van der Waals surface area (Å²) in [6, 6.07) is 9.07. The predicted octanol–water partition coefficient (Wildman–Crippen LogP) is 2.73. The van der Waals surface area contributed by atoms with E-state index < -0.39 is 0 Å². The molecular weight excluding hydrogens is 376 g/mol. The summed E-state index contributed by atoms with van der Waals surface area (Å²) in [6.45, 7) is 4.70. The maximum Gasteiger partial charge on any atom is 0.253 e. The topological polar surface area (TPSA) is 78.3 Å². The van der Waals surface area contributed by atoms with Crippen LogP contribution in [-0.2, 0) is 29.0 Å². The molecule has 28 heavy (non-hydrogen) atoms. The highest BCUT2D eigenvalue weighted by atomic mass is 32.2. The zero-order valence-corrected chi connectivity index (χ0v) is 17.0. The van der Waals surface area contributed by atoms with Gasteiger partial charge in [0.25, 0.3) is 5.56 Å². The average Bonchev–Trinajstić information content (AvgIpc) is 2.96. The van der Waals surface area contributed by atoms with Gasteiger partial charge in [-0.3, -0.25) is 19.0 Å². The quantitative estimate of drug-likeness (QED) is 0.634. The van der Waals surface area contributed by atoms with Crippen LogP contribution < -0.4 is 10.3 Å². The molecule has 0 aliphatic carbocycles. The fourth-order valence-electron chi connectivity index (χ4n) is 3.20. The van der Waals surface area contributed by atoms with Gasteiger partial charge in [-0.1, -0.05) is 30.8 Å². The minimum absolute atomic E-state index is 0.00959. The van der Waals surface area contributed by atoms with E-state index in [0.29, 0.717) is 25.3 Å². The molecule has 1 aromatic carbocycles. The molecular formula is C21H24N2O4S. The van der Waals surface area contributed by atoms with Gasteiger partial charge in [0.1, 0.15) is 18.2 Å². The van der Waals surface area contributed by atoms with Crippen molar-refractivity contribution < 1.29 is 14.3 Å². The van der Waals surface area contributed by atoms with Gasteiger partial charge in [-0.15, -0.1) is 0 Å². The summed E-state index contributed by atoms with van der Waals surface area (Å²) in [4.78, 5) is 39.8. The Morgan fingerprint density at radius 3 is 2.61 bits per heavy atom. The van der Waals surface area contributed by atoms with Gasteiger partial charge in [-0.25, -0.2) is 4.98 Å². The van der Waals surface area contributed by atoms with E-state index in [4.69, 9.17) is 4.74 Å². The summed E-state index contributed by atoms with van der Waals surface area (Å²) in [5.74, 6) is 1.51. The van der Waals surface area contributed by atoms with Crippen LogP contribution in [0.3, 0.4) is 0 Å². The lowest BCUT2D eigenvalue weighted by molar-refractivity contribution is -0.121. The minimum Gasteiger partial charge on any atom is -0.492 e. The number of aryl methyl sites for hydroxylation is 2. The summed E-state index contributed by atoms with van der Waals surface area (Å²) < 4.78 is 7.45. The summed E-state index contributed by atoms with van der Waals surface area (Å²) >= 11 is 1.13. The highest BCUT2D eigenvalue weighted by Gasteiger charge is 2.31. The molecule has 2 heterocycles. The molecule has 148 valence electrons. The normalized spacial score (nSPS) is 16.6. The second-order valence-corrected chi connectivity index (χ2v) is 8.13. The molecule has 0 spiro atoms. The Hall–Kier alpha value is -2.41. The summed E-state index contributed by atoms with van der Waals surface area (Å²) in [5, 5.41) is -0.310. The van der Waals surface area contributed by atoms with E-state index >= 15 is 0 Å². The van der Waals surface area contributed by atoms with Crippen LogP contribution in [0.25, 0.3) is 0 Å². The van der Waals surface area contributed by atoms with E-state index in [1.54, 1.807) is 10.6 Å².